The zero-order valence-electron chi connectivity index (χ0n) is 21.3. The van der Waals surface area contributed by atoms with Crippen LogP contribution in [0.25, 0.3) is 0 Å². The SMILES string of the molecule is Cc1ccc(C2(C(=O)NCC3CCC(F)(F)CC3)CCN(C(=O)[C@@H]3CC[C@@]4(CCO4)CN3)CC2)cc1. The Morgan fingerprint density at radius 3 is 2.25 bits per heavy atom. The first-order chi connectivity index (χ1) is 17.2. The Labute approximate surface area is 212 Å². The molecule has 1 aromatic rings. The van der Waals surface area contributed by atoms with Gasteiger partial charge in [0.25, 0.3) is 0 Å². The van der Waals surface area contributed by atoms with E-state index in [0.29, 0.717) is 45.3 Å². The molecule has 6 nitrogen and oxygen atoms in total. The molecular formula is C28H39F2N3O3. The van der Waals surface area contributed by atoms with Crippen molar-refractivity contribution in [3.63, 3.8) is 0 Å². The summed E-state index contributed by atoms with van der Waals surface area (Å²) in [6.07, 6.45) is 4.52. The van der Waals surface area contributed by atoms with E-state index >= 15 is 0 Å². The van der Waals surface area contributed by atoms with Crippen molar-refractivity contribution >= 4 is 11.8 Å². The number of carbonyl (C=O) groups is 2. The summed E-state index contributed by atoms with van der Waals surface area (Å²) in [7, 11) is 0. The summed E-state index contributed by atoms with van der Waals surface area (Å²) < 4.78 is 32.8. The van der Waals surface area contributed by atoms with Gasteiger partial charge in [0.05, 0.1) is 23.7 Å². The maximum absolute atomic E-state index is 13.7. The number of aryl methyl sites for hydroxylation is 1. The molecule has 8 heteroatoms. The normalized spacial score (nSPS) is 30.0. The fourth-order valence-electron chi connectivity index (χ4n) is 6.40. The van der Waals surface area contributed by atoms with Gasteiger partial charge in [0.2, 0.25) is 17.7 Å². The standard InChI is InChI=1S/C28H39F2N3O3/c1-20-2-4-22(5-3-20)27(25(35)31-18-21-6-10-28(29,30)11-7-21)12-15-33(16-13-27)24(34)23-8-9-26(19-32-23)14-17-36-26/h2-5,21,23,32H,6-19H2,1H3,(H,31,35)/t23-,26+/m0/s1. The van der Waals surface area contributed by atoms with Crippen LogP contribution in [0, 0.1) is 12.8 Å². The molecule has 0 bridgehead atoms. The van der Waals surface area contributed by atoms with Gasteiger partial charge in [0.15, 0.2) is 0 Å². The Morgan fingerprint density at radius 1 is 1.03 bits per heavy atom. The lowest BCUT2D eigenvalue weighted by molar-refractivity contribution is -0.165. The van der Waals surface area contributed by atoms with E-state index in [0.717, 1.165) is 43.5 Å². The number of alkyl halides is 2. The van der Waals surface area contributed by atoms with E-state index in [1.165, 1.54) is 0 Å². The second-order valence-corrected chi connectivity index (χ2v) is 11.5. The number of carbonyl (C=O) groups excluding carboxylic acids is 2. The number of nitrogens with zero attached hydrogens (tertiary/aromatic N) is 1. The molecule has 2 N–H and O–H groups in total. The van der Waals surface area contributed by atoms with Gasteiger partial charge in [-0.25, -0.2) is 8.78 Å². The minimum absolute atomic E-state index is 0.0457. The summed E-state index contributed by atoms with van der Waals surface area (Å²) in [5, 5.41) is 6.52. The van der Waals surface area contributed by atoms with Crippen molar-refractivity contribution in [3.8, 4) is 0 Å². The fraction of sp³-hybridized carbons (Fsp3) is 0.714. The number of halogens is 2. The van der Waals surface area contributed by atoms with Gasteiger partial charge < -0.3 is 20.3 Å². The molecule has 1 aromatic carbocycles. The molecule has 3 aliphatic heterocycles. The quantitative estimate of drug-likeness (QED) is 0.643. The zero-order chi connectivity index (χ0) is 25.4. The molecule has 0 unspecified atom stereocenters. The van der Waals surface area contributed by atoms with Crippen LogP contribution in [-0.4, -0.2) is 67.1 Å². The van der Waals surface area contributed by atoms with Gasteiger partial charge in [-0.05, 0) is 56.9 Å². The number of rotatable bonds is 5. The van der Waals surface area contributed by atoms with Crippen LogP contribution < -0.4 is 10.6 Å². The van der Waals surface area contributed by atoms with E-state index in [2.05, 4.69) is 10.6 Å². The number of hydrogen-bond acceptors (Lipinski definition) is 4. The van der Waals surface area contributed by atoms with Gasteiger partial charge >= 0.3 is 0 Å². The Hall–Kier alpha value is -2.06. The third kappa shape index (κ3) is 5.17. The Kier molecular flexibility index (Phi) is 7.11. The summed E-state index contributed by atoms with van der Waals surface area (Å²) in [5.74, 6) is -2.41. The fourth-order valence-corrected chi connectivity index (χ4v) is 6.40. The molecular weight excluding hydrogens is 464 g/mol. The number of likely N-dealkylation sites (tertiary alicyclic amines) is 1. The molecule has 2 amide bonds. The molecule has 5 rings (SSSR count). The zero-order valence-corrected chi connectivity index (χ0v) is 21.3. The van der Waals surface area contributed by atoms with Gasteiger partial charge in [-0.3, -0.25) is 9.59 Å². The van der Waals surface area contributed by atoms with Gasteiger partial charge in [0, 0.05) is 45.4 Å². The lowest BCUT2D eigenvalue weighted by Crippen LogP contribution is -2.62. The van der Waals surface area contributed by atoms with Crippen molar-refractivity contribution in [2.24, 2.45) is 5.92 Å². The lowest BCUT2D eigenvalue weighted by atomic mass is 9.71. The highest BCUT2D eigenvalue weighted by atomic mass is 19.3. The number of benzene rings is 1. The van der Waals surface area contributed by atoms with E-state index in [9.17, 15) is 18.4 Å². The Balaban J connectivity index is 1.22. The molecule has 0 radical (unpaired) electrons. The molecule has 1 saturated carbocycles. The smallest absolute Gasteiger partial charge is 0.248 e. The van der Waals surface area contributed by atoms with E-state index in [1.54, 1.807) is 0 Å². The van der Waals surface area contributed by atoms with Crippen LogP contribution in [0.15, 0.2) is 24.3 Å². The number of hydrogen-bond donors (Lipinski definition) is 2. The summed E-state index contributed by atoms with van der Waals surface area (Å²) in [6, 6.07) is 7.90. The second-order valence-electron chi connectivity index (χ2n) is 11.5. The molecule has 36 heavy (non-hydrogen) atoms. The maximum atomic E-state index is 13.7. The third-order valence-electron chi connectivity index (χ3n) is 9.18. The molecule has 0 aromatic heterocycles. The monoisotopic (exact) mass is 503 g/mol. The number of ether oxygens (including phenoxy) is 1. The van der Waals surface area contributed by atoms with E-state index in [1.807, 2.05) is 36.1 Å². The van der Waals surface area contributed by atoms with Crippen molar-refractivity contribution in [1.29, 1.82) is 0 Å². The van der Waals surface area contributed by atoms with Crippen molar-refractivity contribution in [3.05, 3.63) is 35.4 Å². The van der Waals surface area contributed by atoms with Crippen LogP contribution in [0.4, 0.5) is 8.78 Å². The van der Waals surface area contributed by atoms with Crippen LogP contribution in [0.2, 0.25) is 0 Å². The Bertz CT molecular complexity index is 935. The van der Waals surface area contributed by atoms with Crippen molar-refractivity contribution in [2.45, 2.75) is 87.7 Å². The summed E-state index contributed by atoms with van der Waals surface area (Å²) in [5.41, 5.74) is 1.31. The topological polar surface area (TPSA) is 70.7 Å². The maximum Gasteiger partial charge on any atom is 0.248 e. The molecule has 2 atom stereocenters. The second kappa shape index (κ2) is 10.0. The summed E-state index contributed by atoms with van der Waals surface area (Å²) in [4.78, 5) is 28.9. The van der Waals surface area contributed by atoms with Crippen molar-refractivity contribution in [1.82, 2.24) is 15.5 Å². The van der Waals surface area contributed by atoms with Crippen molar-refractivity contribution < 1.29 is 23.1 Å². The molecule has 3 heterocycles. The van der Waals surface area contributed by atoms with Crippen LogP contribution in [0.1, 0.15) is 68.9 Å². The number of nitrogens with one attached hydrogen (secondary N) is 2. The average molecular weight is 504 g/mol. The van der Waals surface area contributed by atoms with Gasteiger partial charge in [-0.2, -0.15) is 0 Å². The summed E-state index contributed by atoms with van der Waals surface area (Å²) >= 11 is 0. The highest BCUT2D eigenvalue weighted by molar-refractivity contribution is 5.89. The first-order valence-electron chi connectivity index (χ1n) is 13.6. The largest absolute Gasteiger partial charge is 0.373 e. The van der Waals surface area contributed by atoms with Crippen LogP contribution in [-0.2, 0) is 19.7 Å². The molecule has 198 valence electrons. The molecule has 4 aliphatic rings. The highest BCUT2D eigenvalue weighted by Gasteiger charge is 2.47. The molecule has 4 fully saturated rings. The number of piperidine rings is 2. The highest BCUT2D eigenvalue weighted by Crippen LogP contribution is 2.39. The predicted octanol–water partition coefficient (Wildman–Crippen LogP) is 3.71. The molecule has 1 aliphatic carbocycles. The van der Waals surface area contributed by atoms with E-state index in [4.69, 9.17) is 4.74 Å². The van der Waals surface area contributed by atoms with Crippen LogP contribution >= 0.6 is 0 Å². The summed E-state index contributed by atoms with van der Waals surface area (Å²) in [6.45, 7) is 5.03. The van der Waals surface area contributed by atoms with Crippen molar-refractivity contribution in [2.75, 3.05) is 32.8 Å². The minimum atomic E-state index is -2.57. The average Bonchev–Trinajstić information content (AvgIpc) is 2.87. The van der Waals surface area contributed by atoms with Gasteiger partial charge in [-0.15, -0.1) is 0 Å². The first kappa shape index (κ1) is 25.6. The van der Waals surface area contributed by atoms with Crippen LogP contribution in [0.3, 0.4) is 0 Å². The minimum Gasteiger partial charge on any atom is -0.373 e. The third-order valence-corrected chi connectivity index (χ3v) is 9.18. The van der Waals surface area contributed by atoms with E-state index < -0.39 is 11.3 Å². The van der Waals surface area contributed by atoms with E-state index in [-0.39, 0.29) is 42.2 Å². The van der Waals surface area contributed by atoms with Gasteiger partial charge in [0.1, 0.15) is 0 Å². The predicted molar refractivity (Wildman–Crippen MR) is 133 cm³/mol. The number of amides is 2. The lowest BCUT2D eigenvalue weighted by Gasteiger charge is -2.48. The first-order valence-corrected chi connectivity index (χ1v) is 13.6. The Morgan fingerprint density at radius 2 is 1.69 bits per heavy atom. The van der Waals surface area contributed by atoms with Gasteiger partial charge in [-0.1, -0.05) is 29.8 Å². The molecule has 1 spiro atoms. The van der Waals surface area contributed by atoms with Crippen LogP contribution in [0.5, 0.6) is 0 Å². The molecule has 3 saturated heterocycles.